The topological polar surface area (TPSA) is 42.0 Å². The van der Waals surface area contributed by atoms with Crippen LogP contribution in [0.1, 0.15) is 15.5 Å². The highest BCUT2D eigenvalue weighted by Crippen LogP contribution is 2.15. The maximum absolute atomic E-state index is 13.2. The monoisotopic (exact) mass is 236 g/mol. The van der Waals surface area contributed by atoms with E-state index in [-0.39, 0.29) is 11.6 Å². The first-order chi connectivity index (χ1) is 7.66. The smallest absolute Gasteiger partial charge is 0.284 e. The van der Waals surface area contributed by atoms with Crippen molar-refractivity contribution < 1.29 is 9.18 Å². The van der Waals surface area contributed by atoms with Gasteiger partial charge in [-0.1, -0.05) is 12.1 Å². The molecule has 0 radical (unpaired) electrons. The summed E-state index contributed by atoms with van der Waals surface area (Å²) in [6.07, 6.45) is 0. The van der Waals surface area contributed by atoms with Crippen LogP contribution in [0.4, 0.5) is 10.1 Å². The number of thiazole rings is 1. The molecule has 0 aliphatic carbocycles. The Morgan fingerprint density at radius 1 is 1.44 bits per heavy atom. The van der Waals surface area contributed by atoms with Gasteiger partial charge in [0.05, 0.1) is 5.69 Å². The lowest BCUT2D eigenvalue weighted by Gasteiger charge is -2.03. The number of halogens is 1. The van der Waals surface area contributed by atoms with Crippen LogP contribution < -0.4 is 5.32 Å². The number of nitrogens with one attached hydrogen (secondary N) is 1. The number of carbonyl (C=O) groups excluding carboxylic acids is 1. The van der Waals surface area contributed by atoms with E-state index in [2.05, 4.69) is 10.3 Å². The third kappa shape index (κ3) is 2.25. The van der Waals surface area contributed by atoms with Gasteiger partial charge in [-0.2, -0.15) is 0 Å². The van der Waals surface area contributed by atoms with Crippen molar-refractivity contribution >= 4 is 22.9 Å². The first kappa shape index (κ1) is 10.8. The normalized spacial score (nSPS) is 10.1. The number of amides is 1. The summed E-state index contributed by atoms with van der Waals surface area (Å²) in [5.74, 6) is -0.840. The molecule has 16 heavy (non-hydrogen) atoms. The Labute approximate surface area is 96.0 Å². The van der Waals surface area contributed by atoms with Crippen molar-refractivity contribution in [3.63, 3.8) is 0 Å². The minimum Gasteiger partial charge on any atom is -0.317 e. The van der Waals surface area contributed by atoms with Gasteiger partial charge in [-0.3, -0.25) is 4.79 Å². The largest absolute Gasteiger partial charge is 0.317 e. The van der Waals surface area contributed by atoms with Gasteiger partial charge >= 0.3 is 0 Å². The van der Waals surface area contributed by atoms with E-state index >= 15 is 0 Å². The minimum absolute atomic E-state index is 0.167. The number of benzene rings is 1. The molecule has 2 rings (SSSR count). The van der Waals surface area contributed by atoms with Gasteiger partial charge in [-0.25, -0.2) is 9.37 Å². The molecular weight excluding hydrogens is 227 g/mol. The molecule has 5 heteroatoms. The number of hydrogen-bond donors (Lipinski definition) is 1. The van der Waals surface area contributed by atoms with E-state index in [4.69, 9.17) is 0 Å². The van der Waals surface area contributed by atoms with E-state index in [0.717, 1.165) is 5.69 Å². The predicted octanol–water partition coefficient (Wildman–Crippen LogP) is 2.84. The Kier molecular flexibility index (Phi) is 2.96. The Bertz CT molecular complexity index is 524. The summed E-state index contributed by atoms with van der Waals surface area (Å²) in [5, 5.41) is 4.58. The quantitative estimate of drug-likeness (QED) is 0.871. The molecule has 0 spiro atoms. The van der Waals surface area contributed by atoms with Gasteiger partial charge in [-0.15, -0.1) is 11.3 Å². The van der Waals surface area contributed by atoms with E-state index in [1.165, 1.54) is 23.5 Å². The van der Waals surface area contributed by atoms with Crippen LogP contribution in [0.2, 0.25) is 0 Å². The van der Waals surface area contributed by atoms with Gasteiger partial charge in [0, 0.05) is 11.1 Å². The molecule has 82 valence electrons. The van der Waals surface area contributed by atoms with Crippen molar-refractivity contribution in [2.45, 2.75) is 6.92 Å². The molecule has 0 aliphatic heterocycles. The maximum atomic E-state index is 13.2. The molecule has 1 aromatic carbocycles. The predicted molar refractivity (Wildman–Crippen MR) is 61.2 cm³/mol. The number of nitrogens with zero attached hydrogens (tertiary/aromatic N) is 1. The lowest BCUT2D eigenvalue weighted by atomic mass is 10.3. The van der Waals surface area contributed by atoms with Gasteiger partial charge in [-0.05, 0) is 19.1 Å². The number of rotatable bonds is 2. The second-order valence-electron chi connectivity index (χ2n) is 3.23. The second-order valence-corrected chi connectivity index (χ2v) is 4.09. The average molecular weight is 236 g/mol. The molecule has 1 aromatic heterocycles. The fourth-order valence-corrected chi connectivity index (χ4v) is 1.89. The summed E-state index contributed by atoms with van der Waals surface area (Å²) < 4.78 is 13.2. The molecular formula is C11H9FN2OS. The molecule has 1 amide bonds. The van der Waals surface area contributed by atoms with Gasteiger partial charge in [0.15, 0.2) is 5.01 Å². The standard InChI is InChI=1S/C11H9FN2OS/c1-7-6-16-11(13-7)10(15)14-9-5-3-2-4-8(9)12/h2-6H,1H3,(H,14,15). The van der Waals surface area contributed by atoms with Crippen LogP contribution in [-0.2, 0) is 0 Å². The zero-order chi connectivity index (χ0) is 11.5. The molecule has 0 saturated carbocycles. The molecule has 0 bridgehead atoms. The summed E-state index contributed by atoms with van der Waals surface area (Å²) in [6, 6.07) is 6.03. The molecule has 0 saturated heterocycles. The summed E-state index contributed by atoms with van der Waals surface area (Å²) in [7, 11) is 0. The highest BCUT2D eigenvalue weighted by atomic mass is 32.1. The number of para-hydroxylation sites is 1. The molecule has 0 fully saturated rings. The van der Waals surface area contributed by atoms with Crippen molar-refractivity contribution in [3.8, 4) is 0 Å². The first-order valence-corrected chi connectivity index (χ1v) is 5.53. The van der Waals surface area contributed by atoms with Crippen LogP contribution in [0, 0.1) is 12.7 Å². The minimum atomic E-state index is -0.455. The molecule has 0 atom stereocenters. The summed E-state index contributed by atoms with van der Waals surface area (Å²) in [4.78, 5) is 15.7. The molecule has 3 nitrogen and oxygen atoms in total. The van der Waals surface area contributed by atoms with E-state index in [1.807, 2.05) is 0 Å². The number of anilines is 1. The first-order valence-electron chi connectivity index (χ1n) is 4.65. The van der Waals surface area contributed by atoms with Crippen LogP contribution in [0.3, 0.4) is 0 Å². The lowest BCUT2D eigenvalue weighted by molar-refractivity contribution is 0.102. The van der Waals surface area contributed by atoms with Crippen molar-refractivity contribution in [1.29, 1.82) is 0 Å². The van der Waals surface area contributed by atoms with E-state index < -0.39 is 5.82 Å². The molecule has 0 aliphatic rings. The van der Waals surface area contributed by atoms with Crippen LogP contribution in [0.15, 0.2) is 29.6 Å². The molecule has 1 heterocycles. The zero-order valence-electron chi connectivity index (χ0n) is 8.53. The zero-order valence-corrected chi connectivity index (χ0v) is 9.34. The van der Waals surface area contributed by atoms with Crippen LogP contribution in [-0.4, -0.2) is 10.9 Å². The third-order valence-corrected chi connectivity index (χ3v) is 2.89. The lowest BCUT2D eigenvalue weighted by Crippen LogP contribution is -2.12. The van der Waals surface area contributed by atoms with Crippen molar-refractivity contribution in [1.82, 2.24) is 4.98 Å². The van der Waals surface area contributed by atoms with Gasteiger partial charge in [0.25, 0.3) is 5.91 Å². The van der Waals surface area contributed by atoms with E-state index in [0.29, 0.717) is 5.01 Å². The SMILES string of the molecule is Cc1csc(C(=O)Nc2ccccc2F)n1. The maximum Gasteiger partial charge on any atom is 0.284 e. The second kappa shape index (κ2) is 4.40. The highest BCUT2D eigenvalue weighted by Gasteiger charge is 2.11. The van der Waals surface area contributed by atoms with Gasteiger partial charge in [0.2, 0.25) is 0 Å². The number of carbonyl (C=O) groups is 1. The molecule has 2 aromatic rings. The summed E-state index contributed by atoms with van der Waals surface area (Å²) in [6.45, 7) is 1.80. The summed E-state index contributed by atoms with van der Waals surface area (Å²) >= 11 is 1.24. The van der Waals surface area contributed by atoms with Gasteiger partial charge in [0.1, 0.15) is 5.82 Å². The highest BCUT2D eigenvalue weighted by molar-refractivity contribution is 7.11. The van der Waals surface area contributed by atoms with Gasteiger partial charge < -0.3 is 5.32 Å². The Hall–Kier alpha value is -1.75. The molecule has 1 N–H and O–H groups in total. The van der Waals surface area contributed by atoms with E-state index in [9.17, 15) is 9.18 Å². The van der Waals surface area contributed by atoms with Crippen LogP contribution in [0.5, 0.6) is 0 Å². The van der Waals surface area contributed by atoms with E-state index in [1.54, 1.807) is 24.4 Å². The summed E-state index contributed by atoms with van der Waals surface area (Å²) in [5.41, 5.74) is 0.948. The third-order valence-electron chi connectivity index (χ3n) is 1.94. The molecule has 0 unspecified atom stereocenters. The van der Waals surface area contributed by atoms with Crippen molar-refractivity contribution in [2.75, 3.05) is 5.32 Å². The average Bonchev–Trinajstić information content (AvgIpc) is 2.68. The Morgan fingerprint density at radius 3 is 2.81 bits per heavy atom. The van der Waals surface area contributed by atoms with Crippen molar-refractivity contribution in [3.05, 3.63) is 46.2 Å². The van der Waals surface area contributed by atoms with Crippen LogP contribution in [0.25, 0.3) is 0 Å². The number of aryl methyl sites for hydroxylation is 1. The number of hydrogen-bond acceptors (Lipinski definition) is 3. The number of aromatic nitrogens is 1. The van der Waals surface area contributed by atoms with Crippen molar-refractivity contribution in [2.24, 2.45) is 0 Å². The Morgan fingerprint density at radius 2 is 2.19 bits per heavy atom. The van der Waals surface area contributed by atoms with Crippen LogP contribution >= 0.6 is 11.3 Å². The fourth-order valence-electron chi connectivity index (χ4n) is 1.20. The fraction of sp³-hybridized carbons (Fsp3) is 0.0909. The Balaban J connectivity index is 2.17.